The average molecular weight is 154 g/mol. The summed E-state index contributed by atoms with van der Waals surface area (Å²) in [5, 5.41) is 9.39. The summed E-state index contributed by atoms with van der Waals surface area (Å²) in [6.45, 7) is 2.29. The van der Waals surface area contributed by atoms with E-state index in [0.29, 0.717) is 0 Å². The van der Waals surface area contributed by atoms with Crippen molar-refractivity contribution in [2.45, 2.75) is 45.1 Å². The lowest BCUT2D eigenvalue weighted by atomic mass is 10.0. The van der Waals surface area contributed by atoms with E-state index in [1.54, 1.807) is 0 Å². The van der Waals surface area contributed by atoms with Gasteiger partial charge in [-0.2, -0.15) is 0 Å². The molecule has 4 atom stereocenters. The maximum atomic E-state index is 9.39. The van der Waals surface area contributed by atoms with Gasteiger partial charge in [0.1, 0.15) is 0 Å². The van der Waals surface area contributed by atoms with E-state index in [2.05, 4.69) is 6.92 Å². The molecule has 0 radical (unpaired) electrons. The summed E-state index contributed by atoms with van der Waals surface area (Å²) in [5.41, 5.74) is 0. The largest absolute Gasteiger partial charge is 0.393 e. The summed E-state index contributed by atoms with van der Waals surface area (Å²) < 4.78 is 0. The Bertz CT molecular complexity index is 130. The zero-order valence-corrected chi connectivity index (χ0v) is 7.29. The molecule has 11 heavy (non-hydrogen) atoms. The van der Waals surface area contributed by atoms with Crippen LogP contribution in [0.2, 0.25) is 0 Å². The fourth-order valence-corrected chi connectivity index (χ4v) is 3.04. The molecule has 2 unspecified atom stereocenters. The predicted octanol–water partition coefficient (Wildman–Crippen LogP) is 2.19. The van der Waals surface area contributed by atoms with Crippen LogP contribution in [-0.4, -0.2) is 11.2 Å². The van der Waals surface area contributed by atoms with Crippen molar-refractivity contribution >= 4 is 0 Å². The lowest BCUT2D eigenvalue weighted by Gasteiger charge is -2.08. The van der Waals surface area contributed by atoms with Crippen LogP contribution < -0.4 is 0 Å². The van der Waals surface area contributed by atoms with E-state index in [1.807, 2.05) is 0 Å². The summed E-state index contributed by atoms with van der Waals surface area (Å²) in [7, 11) is 0. The van der Waals surface area contributed by atoms with Gasteiger partial charge in [0.15, 0.2) is 0 Å². The molecule has 0 amide bonds. The van der Waals surface area contributed by atoms with Gasteiger partial charge in [-0.3, -0.25) is 0 Å². The normalized spacial score (nSPS) is 49.6. The van der Waals surface area contributed by atoms with E-state index in [9.17, 15) is 5.11 Å². The van der Waals surface area contributed by atoms with Crippen LogP contribution in [0.25, 0.3) is 0 Å². The molecule has 0 saturated heterocycles. The molecule has 1 nitrogen and oxygen atoms in total. The number of aliphatic hydroxyl groups excluding tert-OH is 1. The van der Waals surface area contributed by atoms with Crippen LogP contribution in [0.15, 0.2) is 0 Å². The highest BCUT2D eigenvalue weighted by Gasteiger charge is 2.40. The van der Waals surface area contributed by atoms with Crippen molar-refractivity contribution in [3.8, 4) is 0 Å². The zero-order chi connectivity index (χ0) is 7.84. The van der Waals surface area contributed by atoms with Gasteiger partial charge in [0.2, 0.25) is 0 Å². The van der Waals surface area contributed by atoms with Crippen molar-refractivity contribution in [1.29, 1.82) is 0 Å². The monoisotopic (exact) mass is 154 g/mol. The van der Waals surface area contributed by atoms with E-state index < -0.39 is 0 Å². The fourth-order valence-electron chi connectivity index (χ4n) is 3.04. The molecule has 1 N–H and O–H groups in total. The molecule has 64 valence electrons. The molecular formula is C10H18O. The molecule has 2 aliphatic rings. The molecule has 0 heterocycles. The number of fused-ring (bicyclic) bond motifs is 1. The SMILES string of the molecule is CCC1C[C@H]2CC(O)C[C@H]2C1. The fraction of sp³-hybridized carbons (Fsp3) is 1.00. The molecule has 2 rings (SSSR count). The Morgan fingerprint density at radius 2 is 1.64 bits per heavy atom. The van der Waals surface area contributed by atoms with E-state index in [-0.39, 0.29) is 6.10 Å². The van der Waals surface area contributed by atoms with Crippen LogP contribution in [0.5, 0.6) is 0 Å². The highest BCUT2D eigenvalue weighted by Crippen LogP contribution is 2.47. The molecule has 0 bridgehead atoms. The standard InChI is InChI=1S/C10H18O/c1-2-7-3-8-5-10(11)6-9(8)4-7/h7-11H,2-6H2,1H3/t7?,8-,9+,10?. The van der Waals surface area contributed by atoms with Crippen LogP contribution in [0.4, 0.5) is 0 Å². The lowest BCUT2D eigenvalue weighted by Crippen LogP contribution is -2.03. The molecule has 0 spiro atoms. The average Bonchev–Trinajstić information content (AvgIpc) is 2.43. The number of rotatable bonds is 1. The van der Waals surface area contributed by atoms with Gasteiger partial charge in [-0.25, -0.2) is 0 Å². The molecule has 2 aliphatic carbocycles. The van der Waals surface area contributed by atoms with Crippen molar-refractivity contribution in [2.24, 2.45) is 17.8 Å². The lowest BCUT2D eigenvalue weighted by molar-refractivity contribution is 0.168. The van der Waals surface area contributed by atoms with Crippen molar-refractivity contribution in [1.82, 2.24) is 0 Å². The van der Waals surface area contributed by atoms with Gasteiger partial charge in [0, 0.05) is 0 Å². The van der Waals surface area contributed by atoms with E-state index in [1.165, 1.54) is 19.3 Å². The first kappa shape index (κ1) is 7.60. The van der Waals surface area contributed by atoms with E-state index in [0.717, 1.165) is 30.6 Å². The number of hydrogen-bond donors (Lipinski definition) is 1. The summed E-state index contributed by atoms with van der Waals surface area (Å²) in [6, 6.07) is 0. The van der Waals surface area contributed by atoms with Crippen molar-refractivity contribution in [3.05, 3.63) is 0 Å². The number of aliphatic hydroxyl groups is 1. The first-order chi connectivity index (χ1) is 5.29. The first-order valence-corrected chi connectivity index (χ1v) is 4.97. The smallest absolute Gasteiger partial charge is 0.0545 e. The van der Waals surface area contributed by atoms with Gasteiger partial charge in [0.25, 0.3) is 0 Å². The van der Waals surface area contributed by atoms with Gasteiger partial charge in [-0.15, -0.1) is 0 Å². The minimum Gasteiger partial charge on any atom is -0.393 e. The maximum Gasteiger partial charge on any atom is 0.0545 e. The molecule has 0 aromatic carbocycles. The summed E-state index contributed by atoms with van der Waals surface area (Å²) >= 11 is 0. The van der Waals surface area contributed by atoms with Crippen LogP contribution >= 0.6 is 0 Å². The van der Waals surface area contributed by atoms with Gasteiger partial charge < -0.3 is 5.11 Å². The Labute approximate surface area is 68.8 Å². The summed E-state index contributed by atoms with van der Waals surface area (Å²) in [5.74, 6) is 2.75. The summed E-state index contributed by atoms with van der Waals surface area (Å²) in [6.07, 6.45) is 6.39. The van der Waals surface area contributed by atoms with Gasteiger partial charge >= 0.3 is 0 Å². The zero-order valence-electron chi connectivity index (χ0n) is 7.29. The molecule has 1 heteroatoms. The minimum atomic E-state index is 0.0443. The summed E-state index contributed by atoms with van der Waals surface area (Å²) in [4.78, 5) is 0. The van der Waals surface area contributed by atoms with Gasteiger partial charge in [0.05, 0.1) is 6.10 Å². The highest BCUT2D eigenvalue weighted by molar-refractivity contribution is 4.90. The first-order valence-electron chi connectivity index (χ1n) is 4.97. The van der Waals surface area contributed by atoms with Gasteiger partial charge in [-0.1, -0.05) is 13.3 Å². The molecule has 0 aliphatic heterocycles. The van der Waals surface area contributed by atoms with Crippen LogP contribution in [0, 0.1) is 17.8 Å². The van der Waals surface area contributed by atoms with Crippen LogP contribution in [-0.2, 0) is 0 Å². The third-order valence-electron chi connectivity index (χ3n) is 3.67. The Balaban J connectivity index is 1.93. The van der Waals surface area contributed by atoms with E-state index in [4.69, 9.17) is 0 Å². The Morgan fingerprint density at radius 3 is 2.09 bits per heavy atom. The topological polar surface area (TPSA) is 20.2 Å². The van der Waals surface area contributed by atoms with Crippen molar-refractivity contribution < 1.29 is 5.11 Å². The van der Waals surface area contributed by atoms with Gasteiger partial charge in [-0.05, 0) is 43.4 Å². The second kappa shape index (κ2) is 2.78. The number of hydrogen-bond acceptors (Lipinski definition) is 1. The quantitative estimate of drug-likeness (QED) is 0.614. The third-order valence-corrected chi connectivity index (χ3v) is 3.67. The second-order valence-electron chi connectivity index (χ2n) is 4.39. The Morgan fingerprint density at radius 1 is 1.09 bits per heavy atom. The van der Waals surface area contributed by atoms with Crippen molar-refractivity contribution in [2.75, 3.05) is 0 Å². The molecule has 2 fully saturated rings. The van der Waals surface area contributed by atoms with E-state index >= 15 is 0 Å². The van der Waals surface area contributed by atoms with Crippen molar-refractivity contribution in [3.63, 3.8) is 0 Å². The predicted molar refractivity (Wildman–Crippen MR) is 45.2 cm³/mol. The second-order valence-corrected chi connectivity index (χ2v) is 4.39. The molecule has 0 aromatic rings. The Kier molecular flexibility index (Phi) is 1.92. The molecule has 2 saturated carbocycles. The molecule has 0 aromatic heterocycles. The third kappa shape index (κ3) is 1.31. The maximum absolute atomic E-state index is 9.39. The molecular weight excluding hydrogens is 136 g/mol. The minimum absolute atomic E-state index is 0.0443. The highest BCUT2D eigenvalue weighted by atomic mass is 16.3. The van der Waals surface area contributed by atoms with Crippen LogP contribution in [0.3, 0.4) is 0 Å². The Hall–Kier alpha value is -0.0400. The van der Waals surface area contributed by atoms with Crippen LogP contribution in [0.1, 0.15) is 39.0 Å².